The molecule has 0 unspecified atom stereocenters. The van der Waals surface area contributed by atoms with Gasteiger partial charge in [0.15, 0.2) is 0 Å². The third-order valence-electron chi connectivity index (χ3n) is 1.64. The molecule has 0 saturated carbocycles. The minimum absolute atomic E-state index is 0.167. The van der Waals surface area contributed by atoms with E-state index in [1.165, 1.54) is 11.8 Å². The Bertz CT molecular complexity index is 355. The van der Waals surface area contributed by atoms with Gasteiger partial charge in [-0.05, 0) is 26.0 Å². The van der Waals surface area contributed by atoms with E-state index in [1.54, 1.807) is 19.9 Å². The number of benzene rings is 1. The van der Waals surface area contributed by atoms with Crippen LogP contribution in [0, 0.1) is 0 Å². The summed E-state index contributed by atoms with van der Waals surface area (Å²) >= 11 is 1.35. The normalized spacial score (nSPS) is 10.2. The van der Waals surface area contributed by atoms with E-state index in [4.69, 9.17) is 15.2 Å². The zero-order valence-electron chi connectivity index (χ0n) is 9.30. The number of carbonyl (C=O) groups excluding carboxylic acids is 1. The molecule has 0 radical (unpaired) electrons. The predicted octanol–water partition coefficient (Wildman–Crippen LogP) is 2.88. The molecule has 0 aliphatic heterocycles. The van der Waals surface area contributed by atoms with Gasteiger partial charge in [-0.25, -0.2) is 4.79 Å². The minimum Gasteiger partial charge on any atom is -0.432 e. The summed E-state index contributed by atoms with van der Waals surface area (Å²) in [7, 11) is 0. The van der Waals surface area contributed by atoms with Crippen LogP contribution in [0.3, 0.4) is 0 Å². The van der Waals surface area contributed by atoms with Crippen molar-refractivity contribution in [2.24, 2.45) is 0 Å². The van der Waals surface area contributed by atoms with Crippen LogP contribution >= 0.6 is 11.8 Å². The number of para-hydroxylation sites is 1. The Morgan fingerprint density at radius 2 is 2.12 bits per heavy atom. The van der Waals surface area contributed by atoms with Gasteiger partial charge in [0.05, 0.1) is 6.10 Å². The van der Waals surface area contributed by atoms with E-state index in [0.717, 1.165) is 4.90 Å². The van der Waals surface area contributed by atoms with Gasteiger partial charge in [0.2, 0.25) is 0 Å². The predicted molar refractivity (Wildman–Crippen MR) is 64.3 cm³/mol. The van der Waals surface area contributed by atoms with E-state index in [2.05, 4.69) is 0 Å². The third-order valence-corrected chi connectivity index (χ3v) is 2.56. The lowest BCUT2D eigenvalue weighted by Crippen LogP contribution is -2.12. The number of anilines is 1. The molecule has 0 aromatic heterocycles. The molecule has 0 saturated heterocycles. The Balaban J connectivity index is 2.31. The van der Waals surface area contributed by atoms with Crippen molar-refractivity contribution >= 4 is 23.6 Å². The summed E-state index contributed by atoms with van der Waals surface area (Å²) in [5.41, 5.74) is 6.40. The van der Waals surface area contributed by atoms with Crippen molar-refractivity contribution < 1.29 is 14.3 Å². The van der Waals surface area contributed by atoms with Gasteiger partial charge in [-0.1, -0.05) is 23.9 Å². The van der Waals surface area contributed by atoms with Crippen molar-refractivity contribution in [2.45, 2.75) is 24.8 Å². The molecule has 0 aliphatic rings. The lowest BCUT2D eigenvalue weighted by Gasteiger charge is -2.08. The Morgan fingerprint density at radius 3 is 2.75 bits per heavy atom. The SMILES string of the molecule is CC(C)OC(=O)OCSc1ccccc1N. The van der Waals surface area contributed by atoms with Gasteiger partial charge < -0.3 is 15.2 Å². The molecule has 2 N–H and O–H groups in total. The van der Waals surface area contributed by atoms with Gasteiger partial charge in [0, 0.05) is 10.6 Å². The van der Waals surface area contributed by atoms with Crippen molar-refractivity contribution in [1.29, 1.82) is 0 Å². The van der Waals surface area contributed by atoms with Gasteiger partial charge in [0.1, 0.15) is 5.94 Å². The zero-order chi connectivity index (χ0) is 12.0. The van der Waals surface area contributed by atoms with E-state index >= 15 is 0 Å². The molecular formula is C11H15NO3S. The third kappa shape index (κ3) is 4.44. The van der Waals surface area contributed by atoms with Crippen molar-refractivity contribution in [3.63, 3.8) is 0 Å². The second kappa shape index (κ2) is 6.27. The summed E-state index contributed by atoms with van der Waals surface area (Å²) in [5.74, 6) is 0.194. The van der Waals surface area contributed by atoms with Crippen LogP contribution in [0.4, 0.5) is 10.5 Å². The zero-order valence-corrected chi connectivity index (χ0v) is 10.1. The first-order valence-electron chi connectivity index (χ1n) is 4.90. The summed E-state index contributed by atoms with van der Waals surface area (Å²) < 4.78 is 9.67. The molecule has 0 bridgehead atoms. The molecular weight excluding hydrogens is 226 g/mol. The first kappa shape index (κ1) is 12.7. The number of hydrogen-bond donors (Lipinski definition) is 1. The molecule has 88 valence electrons. The van der Waals surface area contributed by atoms with Crippen molar-refractivity contribution in [3.05, 3.63) is 24.3 Å². The monoisotopic (exact) mass is 241 g/mol. The molecule has 4 nitrogen and oxygen atoms in total. The fraction of sp³-hybridized carbons (Fsp3) is 0.364. The molecule has 0 amide bonds. The maximum absolute atomic E-state index is 11.0. The Labute approximate surface area is 99.1 Å². The minimum atomic E-state index is -0.656. The second-order valence-electron chi connectivity index (χ2n) is 3.36. The fourth-order valence-corrected chi connectivity index (χ4v) is 1.67. The van der Waals surface area contributed by atoms with Crippen LogP contribution in [0.5, 0.6) is 0 Å². The molecule has 0 spiro atoms. The van der Waals surface area contributed by atoms with Crippen LogP contribution in [-0.2, 0) is 9.47 Å². The number of nitrogen functional groups attached to an aromatic ring is 1. The Kier molecular flexibility index (Phi) is 4.98. The molecule has 1 rings (SSSR count). The smallest absolute Gasteiger partial charge is 0.432 e. The lowest BCUT2D eigenvalue weighted by atomic mass is 10.3. The number of thioether (sulfide) groups is 1. The van der Waals surface area contributed by atoms with E-state index in [9.17, 15) is 4.79 Å². The van der Waals surface area contributed by atoms with Crippen LogP contribution in [0.1, 0.15) is 13.8 Å². The van der Waals surface area contributed by atoms with E-state index < -0.39 is 6.16 Å². The molecule has 1 aromatic carbocycles. The van der Waals surface area contributed by atoms with E-state index in [1.807, 2.05) is 18.2 Å². The van der Waals surface area contributed by atoms with Crippen molar-refractivity contribution in [2.75, 3.05) is 11.7 Å². The highest BCUT2D eigenvalue weighted by Crippen LogP contribution is 2.24. The summed E-state index contributed by atoms with van der Waals surface area (Å²) in [6.45, 7) is 3.53. The summed E-state index contributed by atoms with van der Waals surface area (Å²) in [6, 6.07) is 7.41. The van der Waals surface area contributed by atoms with Crippen molar-refractivity contribution in [3.8, 4) is 0 Å². The molecule has 0 atom stereocenters. The molecule has 0 heterocycles. The van der Waals surface area contributed by atoms with Gasteiger partial charge in [0.25, 0.3) is 0 Å². The highest BCUT2D eigenvalue weighted by atomic mass is 32.2. The largest absolute Gasteiger partial charge is 0.509 e. The summed E-state index contributed by atoms with van der Waals surface area (Å²) in [6.07, 6.45) is -0.823. The highest BCUT2D eigenvalue weighted by Gasteiger charge is 2.06. The number of carbonyl (C=O) groups is 1. The maximum atomic E-state index is 11.0. The van der Waals surface area contributed by atoms with Gasteiger partial charge >= 0.3 is 6.16 Å². The Hall–Kier alpha value is -1.36. The summed E-state index contributed by atoms with van der Waals surface area (Å²) in [4.78, 5) is 11.9. The summed E-state index contributed by atoms with van der Waals surface area (Å²) in [5, 5.41) is 0. The highest BCUT2D eigenvalue weighted by molar-refractivity contribution is 7.99. The topological polar surface area (TPSA) is 61.5 Å². The quantitative estimate of drug-likeness (QED) is 0.380. The second-order valence-corrected chi connectivity index (χ2v) is 4.33. The first-order valence-corrected chi connectivity index (χ1v) is 5.89. The first-order chi connectivity index (χ1) is 7.59. The van der Waals surface area contributed by atoms with Gasteiger partial charge in [-0.15, -0.1) is 0 Å². The lowest BCUT2D eigenvalue weighted by molar-refractivity contribution is 0.0461. The van der Waals surface area contributed by atoms with E-state index in [-0.39, 0.29) is 12.0 Å². The number of rotatable bonds is 4. The molecule has 5 heteroatoms. The number of nitrogens with two attached hydrogens (primary N) is 1. The van der Waals surface area contributed by atoms with Crippen LogP contribution in [0.2, 0.25) is 0 Å². The van der Waals surface area contributed by atoms with Crippen molar-refractivity contribution in [1.82, 2.24) is 0 Å². The van der Waals surface area contributed by atoms with Crippen LogP contribution in [0.15, 0.2) is 29.2 Å². The average molecular weight is 241 g/mol. The van der Waals surface area contributed by atoms with E-state index in [0.29, 0.717) is 5.69 Å². The molecule has 0 aliphatic carbocycles. The average Bonchev–Trinajstić information content (AvgIpc) is 2.19. The van der Waals surface area contributed by atoms with Crippen LogP contribution in [-0.4, -0.2) is 18.2 Å². The molecule has 16 heavy (non-hydrogen) atoms. The standard InChI is InChI=1S/C11H15NO3S/c1-8(2)15-11(13)14-7-16-10-6-4-3-5-9(10)12/h3-6,8H,7,12H2,1-2H3. The Morgan fingerprint density at radius 1 is 1.44 bits per heavy atom. The molecule has 0 fully saturated rings. The number of ether oxygens (including phenoxy) is 2. The number of hydrogen-bond acceptors (Lipinski definition) is 5. The van der Waals surface area contributed by atoms with Gasteiger partial charge in [-0.3, -0.25) is 0 Å². The van der Waals surface area contributed by atoms with Gasteiger partial charge in [-0.2, -0.15) is 0 Å². The fourth-order valence-electron chi connectivity index (χ4n) is 0.980. The molecule has 1 aromatic rings. The van der Waals surface area contributed by atoms with Crippen LogP contribution < -0.4 is 5.73 Å². The maximum Gasteiger partial charge on any atom is 0.509 e. The van der Waals surface area contributed by atoms with Crippen LogP contribution in [0.25, 0.3) is 0 Å².